The highest BCUT2D eigenvalue weighted by atomic mass is 16.5. The van der Waals surface area contributed by atoms with Gasteiger partial charge in [0.2, 0.25) is 0 Å². The quantitative estimate of drug-likeness (QED) is 0.870. The number of likely N-dealkylation sites (tertiary alicyclic amines) is 1. The topological polar surface area (TPSA) is 32.7 Å². The van der Waals surface area contributed by atoms with E-state index >= 15 is 0 Å². The van der Waals surface area contributed by atoms with Crippen molar-refractivity contribution in [3.8, 4) is 5.75 Å². The van der Waals surface area contributed by atoms with Gasteiger partial charge < -0.3 is 9.84 Å². The molecule has 0 bridgehead atoms. The van der Waals surface area contributed by atoms with Gasteiger partial charge in [-0.25, -0.2) is 0 Å². The zero-order chi connectivity index (χ0) is 12.8. The Labute approximate surface area is 109 Å². The van der Waals surface area contributed by atoms with Gasteiger partial charge in [-0.1, -0.05) is 18.6 Å². The van der Waals surface area contributed by atoms with Gasteiger partial charge in [0.25, 0.3) is 0 Å². The van der Waals surface area contributed by atoms with Gasteiger partial charge >= 0.3 is 0 Å². The maximum absolute atomic E-state index is 9.67. The lowest BCUT2D eigenvalue weighted by atomic mass is 10.0. The van der Waals surface area contributed by atoms with Gasteiger partial charge in [-0.3, -0.25) is 4.90 Å². The van der Waals surface area contributed by atoms with Crippen molar-refractivity contribution >= 4 is 0 Å². The lowest BCUT2D eigenvalue weighted by molar-refractivity contribution is 0.104. The minimum atomic E-state index is 0.116. The van der Waals surface area contributed by atoms with Gasteiger partial charge in [0, 0.05) is 0 Å². The van der Waals surface area contributed by atoms with Gasteiger partial charge in [0.05, 0.1) is 19.3 Å². The zero-order valence-corrected chi connectivity index (χ0v) is 11.1. The molecule has 1 heterocycles. The first-order valence-electron chi connectivity index (χ1n) is 6.93. The standard InChI is InChI=1S/C15H23NO2/c1-2-18-14-8-6-7-13(11-14)15(12-17)16-9-4-3-5-10-16/h6-8,11,15,17H,2-5,9-10,12H2,1H3. The van der Waals surface area contributed by atoms with Crippen molar-refractivity contribution in [3.05, 3.63) is 29.8 Å². The smallest absolute Gasteiger partial charge is 0.119 e. The first-order chi connectivity index (χ1) is 8.85. The van der Waals surface area contributed by atoms with Crippen molar-refractivity contribution in [1.29, 1.82) is 0 Å². The molecule has 0 saturated carbocycles. The van der Waals surface area contributed by atoms with Crippen LogP contribution in [0, 0.1) is 0 Å². The molecule has 0 amide bonds. The highest BCUT2D eigenvalue weighted by Crippen LogP contribution is 2.26. The summed E-state index contributed by atoms with van der Waals surface area (Å²) in [6, 6.07) is 8.23. The maximum Gasteiger partial charge on any atom is 0.119 e. The van der Waals surface area contributed by atoms with Gasteiger partial charge in [-0.2, -0.15) is 0 Å². The second-order valence-corrected chi connectivity index (χ2v) is 4.80. The third kappa shape index (κ3) is 3.24. The summed E-state index contributed by atoms with van der Waals surface area (Å²) in [4.78, 5) is 2.38. The van der Waals surface area contributed by atoms with Crippen LogP contribution < -0.4 is 4.74 Å². The van der Waals surface area contributed by atoms with Crippen LogP contribution >= 0.6 is 0 Å². The van der Waals surface area contributed by atoms with Crippen molar-refractivity contribution in [1.82, 2.24) is 4.90 Å². The van der Waals surface area contributed by atoms with E-state index in [0.717, 1.165) is 24.4 Å². The number of benzene rings is 1. The van der Waals surface area contributed by atoms with E-state index in [4.69, 9.17) is 4.74 Å². The van der Waals surface area contributed by atoms with Crippen LogP contribution in [0.3, 0.4) is 0 Å². The Kier molecular flexibility index (Phi) is 5.02. The predicted octanol–water partition coefficient (Wildman–Crippen LogP) is 2.60. The summed E-state index contributed by atoms with van der Waals surface area (Å²) in [6.07, 6.45) is 3.79. The van der Waals surface area contributed by atoms with E-state index in [0.29, 0.717) is 6.61 Å². The minimum absolute atomic E-state index is 0.116. The van der Waals surface area contributed by atoms with E-state index in [1.54, 1.807) is 0 Å². The van der Waals surface area contributed by atoms with Crippen LogP contribution in [0.4, 0.5) is 0 Å². The number of piperidine rings is 1. The summed E-state index contributed by atoms with van der Waals surface area (Å²) in [6.45, 7) is 5.02. The SMILES string of the molecule is CCOc1cccc(C(CO)N2CCCCC2)c1. The summed E-state index contributed by atoms with van der Waals surface area (Å²) in [7, 11) is 0. The second kappa shape index (κ2) is 6.76. The molecule has 1 atom stereocenters. The molecule has 3 nitrogen and oxygen atoms in total. The first kappa shape index (κ1) is 13.4. The largest absolute Gasteiger partial charge is 0.494 e. The normalized spacial score (nSPS) is 18.6. The molecular formula is C15H23NO2. The summed E-state index contributed by atoms with van der Waals surface area (Å²) >= 11 is 0. The number of ether oxygens (including phenoxy) is 1. The van der Waals surface area contributed by atoms with Crippen LogP contribution in [-0.4, -0.2) is 36.3 Å². The van der Waals surface area contributed by atoms with E-state index in [9.17, 15) is 5.11 Å². The van der Waals surface area contributed by atoms with Crippen LogP contribution in [0.25, 0.3) is 0 Å². The number of hydrogen-bond acceptors (Lipinski definition) is 3. The zero-order valence-electron chi connectivity index (χ0n) is 11.1. The molecule has 1 saturated heterocycles. The van der Waals surface area contributed by atoms with Crippen LogP contribution in [0.1, 0.15) is 37.8 Å². The highest BCUT2D eigenvalue weighted by Gasteiger charge is 2.21. The average Bonchev–Trinajstić information content (AvgIpc) is 2.42. The van der Waals surface area contributed by atoms with E-state index in [-0.39, 0.29) is 12.6 Å². The summed E-state index contributed by atoms with van der Waals surface area (Å²) in [5, 5.41) is 9.67. The van der Waals surface area contributed by atoms with Crippen LogP contribution in [0.5, 0.6) is 5.75 Å². The van der Waals surface area contributed by atoms with Gasteiger partial charge in [-0.05, 0) is 50.6 Å². The number of aliphatic hydroxyl groups is 1. The van der Waals surface area contributed by atoms with E-state index in [1.807, 2.05) is 19.1 Å². The van der Waals surface area contributed by atoms with Crippen molar-refractivity contribution < 1.29 is 9.84 Å². The monoisotopic (exact) mass is 249 g/mol. The fourth-order valence-electron chi connectivity index (χ4n) is 2.64. The summed E-state index contributed by atoms with van der Waals surface area (Å²) < 4.78 is 5.53. The van der Waals surface area contributed by atoms with Gasteiger partial charge in [0.1, 0.15) is 5.75 Å². The molecule has 0 aliphatic carbocycles. The Morgan fingerprint density at radius 1 is 1.28 bits per heavy atom. The lowest BCUT2D eigenvalue weighted by Gasteiger charge is -2.33. The second-order valence-electron chi connectivity index (χ2n) is 4.80. The van der Waals surface area contributed by atoms with Gasteiger partial charge in [-0.15, -0.1) is 0 Å². The summed E-state index contributed by atoms with van der Waals surface area (Å²) in [5.41, 5.74) is 1.16. The molecule has 2 rings (SSSR count). The number of aliphatic hydroxyl groups excluding tert-OH is 1. The fraction of sp³-hybridized carbons (Fsp3) is 0.600. The Hall–Kier alpha value is -1.06. The molecule has 1 aromatic rings. The third-order valence-electron chi connectivity index (χ3n) is 3.56. The molecule has 1 aliphatic heterocycles. The lowest BCUT2D eigenvalue weighted by Crippen LogP contribution is -2.35. The summed E-state index contributed by atoms with van der Waals surface area (Å²) in [5.74, 6) is 0.894. The predicted molar refractivity (Wildman–Crippen MR) is 72.9 cm³/mol. The van der Waals surface area contributed by atoms with Crippen LogP contribution in [-0.2, 0) is 0 Å². The van der Waals surface area contributed by atoms with E-state index in [2.05, 4.69) is 17.0 Å². The third-order valence-corrected chi connectivity index (χ3v) is 3.56. The van der Waals surface area contributed by atoms with Crippen LogP contribution in [0.2, 0.25) is 0 Å². The number of hydrogen-bond donors (Lipinski definition) is 1. The minimum Gasteiger partial charge on any atom is -0.494 e. The highest BCUT2D eigenvalue weighted by molar-refractivity contribution is 5.30. The van der Waals surface area contributed by atoms with Crippen molar-refractivity contribution in [3.63, 3.8) is 0 Å². The average molecular weight is 249 g/mol. The molecule has 100 valence electrons. The van der Waals surface area contributed by atoms with Crippen molar-refractivity contribution in [2.45, 2.75) is 32.2 Å². The molecule has 0 aromatic heterocycles. The van der Waals surface area contributed by atoms with Gasteiger partial charge in [0.15, 0.2) is 0 Å². The molecule has 1 aromatic carbocycles. The molecule has 1 aliphatic rings. The van der Waals surface area contributed by atoms with E-state index in [1.165, 1.54) is 19.3 Å². The number of nitrogens with zero attached hydrogens (tertiary/aromatic N) is 1. The van der Waals surface area contributed by atoms with Crippen molar-refractivity contribution in [2.24, 2.45) is 0 Å². The molecule has 1 fully saturated rings. The fourth-order valence-corrected chi connectivity index (χ4v) is 2.64. The molecule has 0 radical (unpaired) electrons. The van der Waals surface area contributed by atoms with E-state index < -0.39 is 0 Å². The Morgan fingerprint density at radius 3 is 2.72 bits per heavy atom. The first-order valence-corrected chi connectivity index (χ1v) is 6.93. The Morgan fingerprint density at radius 2 is 2.06 bits per heavy atom. The maximum atomic E-state index is 9.67. The molecular weight excluding hydrogens is 226 g/mol. The molecule has 3 heteroatoms. The Bertz CT molecular complexity index is 361. The molecule has 0 spiro atoms. The molecule has 18 heavy (non-hydrogen) atoms. The Balaban J connectivity index is 2.12. The molecule has 1 unspecified atom stereocenters. The molecule has 1 N–H and O–H groups in total. The van der Waals surface area contributed by atoms with Crippen LogP contribution in [0.15, 0.2) is 24.3 Å². The number of rotatable bonds is 5. The van der Waals surface area contributed by atoms with Crippen molar-refractivity contribution in [2.75, 3.05) is 26.3 Å².